The summed E-state index contributed by atoms with van der Waals surface area (Å²) in [6, 6.07) is 8.17. The lowest BCUT2D eigenvalue weighted by molar-refractivity contribution is 0.0808. The van der Waals surface area contributed by atoms with E-state index < -0.39 is 0 Å². The number of nitrogens with zero attached hydrogens (tertiary/aromatic N) is 2. The van der Waals surface area contributed by atoms with E-state index in [1.54, 1.807) is 7.11 Å². The lowest BCUT2D eigenvalue weighted by Crippen LogP contribution is -2.14. The number of rotatable bonds is 5. The second kappa shape index (κ2) is 4.75. The first-order valence-corrected chi connectivity index (χ1v) is 6.42. The molecule has 0 saturated heterocycles. The number of ether oxygens (including phenoxy) is 1. The molecule has 2 aromatic rings. The summed E-state index contributed by atoms with van der Waals surface area (Å²) in [7, 11) is 1.78. The van der Waals surface area contributed by atoms with Gasteiger partial charge >= 0.3 is 0 Å². The van der Waals surface area contributed by atoms with Gasteiger partial charge in [-0.05, 0) is 24.5 Å². The standard InChI is InChI=1S/C14H17N3O2/c1-18-14(5-6-14)8-10-3-2-4-11(7-10)13-16-12(9-15)19-17-13/h2-4,7H,5-6,8-9,15H2,1H3. The van der Waals surface area contributed by atoms with Crippen molar-refractivity contribution in [3.63, 3.8) is 0 Å². The zero-order valence-electron chi connectivity index (χ0n) is 10.9. The zero-order valence-corrected chi connectivity index (χ0v) is 10.9. The van der Waals surface area contributed by atoms with Crippen LogP contribution in [0.15, 0.2) is 28.8 Å². The van der Waals surface area contributed by atoms with E-state index in [-0.39, 0.29) is 12.1 Å². The molecule has 0 spiro atoms. The van der Waals surface area contributed by atoms with Crippen molar-refractivity contribution in [1.82, 2.24) is 10.1 Å². The smallest absolute Gasteiger partial charge is 0.240 e. The summed E-state index contributed by atoms with van der Waals surface area (Å²) in [5.41, 5.74) is 7.71. The Kier molecular flexibility index (Phi) is 3.08. The van der Waals surface area contributed by atoms with Gasteiger partial charge in [0.15, 0.2) is 0 Å². The summed E-state index contributed by atoms with van der Waals surface area (Å²) >= 11 is 0. The molecule has 1 aliphatic carbocycles. The largest absolute Gasteiger partial charge is 0.378 e. The van der Waals surface area contributed by atoms with Gasteiger partial charge in [0.05, 0.1) is 12.1 Å². The highest BCUT2D eigenvalue weighted by atomic mass is 16.5. The highest BCUT2D eigenvalue weighted by Gasteiger charge is 2.42. The number of nitrogens with two attached hydrogens (primary N) is 1. The molecule has 19 heavy (non-hydrogen) atoms. The van der Waals surface area contributed by atoms with Crippen LogP contribution >= 0.6 is 0 Å². The van der Waals surface area contributed by atoms with E-state index in [1.165, 1.54) is 5.56 Å². The van der Waals surface area contributed by atoms with Crippen molar-refractivity contribution in [2.24, 2.45) is 5.73 Å². The van der Waals surface area contributed by atoms with Crippen LogP contribution in [0, 0.1) is 0 Å². The van der Waals surface area contributed by atoms with Gasteiger partial charge in [-0.3, -0.25) is 0 Å². The molecule has 0 unspecified atom stereocenters. The summed E-state index contributed by atoms with van der Waals surface area (Å²) in [5.74, 6) is 1.04. The van der Waals surface area contributed by atoms with Gasteiger partial charge in [0.1, 0.15) is 0 Å². The van der Waals surface area contributed by atoms with Gasteiger partial charge in [0.25, 0.3) is 0 Å². The Morgan fingerprint density at radius 1 is 1.42 bits per heavy atom. The number of aromatic nitrogens is 2. The topological polar surface area (TPSA) is 74.2 Å². The third kappa shape index (κ3) is 2.52. The molecule has 1 aromatic heterocycles. The van der Waals surface area contributed by atoms with E-state index in [4.69, 9.17) is 15.0 Å². The van der Waals surface area contributed by atoms with Crippen LogP contribution in [0.3, 0.4) is 0 Å². The Balaban J connectivity index is 1.83. The van der Waals surface area contributed by atoms with Crippen molar-refractivity contribution in [1.29, 1.82) is 0 Å². The molecule has 1 aromatic carbocycles. The molecular weight excluding hydrogens is 242 g/mol. The van der Waals surface area contributed by atoms with E-state index in [0.29, 0.717) is 11.7 Å². The monoisotopic (exact) mass is 259 g/mol. The molecule has 1 fully saturated rings. The fraction of sp³-hybridized carbons (Fsp3) is 0.429. The Bertz CT molecular complexity index is 576. The minimum absolute atomic E-state index is 0.0539. The van der Waals surface area contributed by atoms with Crippen LogP contribution < -0.4 is 5.73 Å². The third-order valence-corrected chi connectivity index (χ3v) is 3.59. The van der Waals surface area contributed by atoms with Gasteiger partial charge in [0.2, 0.25) is 11.7 Å². The highest BCUT2D eigenvalue weighted by Crippen LogP contribution is 2.42. The van der Waals surface area contributed by atoms with Crippen molar-refractivity contribution in [3.05, 3.63) is 35.7 Å². The lowest BCUT2D eigenvalue weighted by Gasteiger charge is -2.13. The highest BCUT2D eigenvalue weighted by molar-refractivity contribution is 5.55. The fourth-order valence-corrected chi connectivity index (χ4v) is 2.24. The van der Waals surface area contributed by atoms with Gasteiger partial charge in [-0.15, -0.1) is 0 Å². The SMILES string of the molecule is COC1(Cc2cccc(-c3noc(CN)n3)c2)CC1. The Labute approximate surface area is 111 Å². The van der Waals surface area contributed by atoms with Gasteiger partial charge in [0, 0.05) is 19.1 Å². The lowest BCUT2D eigenvalue weighted by atomic mass is 10.0. The normalized spacial score (nSPS) is 16.5. The van der Waals surface area contributed by atoms with Crippen molar-refractivity contribution in [2.45, 2.75) is 31.4 Å². The van der Waals surface area contributed by atoms with Crippen LogP contribution in [0.25, 0.3) is 11.4 Å². The van der Waals surface area contributed by atoms with Crippen molar-refractivity contribution >= 4 is 0 Å². The molecule has 1 aliphatic rings. The molecule has 0 radical (unpaired) electrons. The van der Waals surface area contributed by atoms with E-state index >= 15 is 0 Å². The van der Waals surface area contributed by atoms with E-state index in [1.807, 2.05) is 12.1 Å². The van der Waals surface area contributed by atoms with Crippen molar-refractivity contribution < 1.29 is 9.26 Å². The molecule has 100 valence electrons. The third-order valence-electron chi connectivity index (χ3n) is 3.59. The molecule has 0 aliphatic heterocycles. The second-order valence-corrected chi connectivity index (χ2v) is 4.98. The molecule has 0 amide bonds. The number of methoxy groups -OCH3 is 1. The first kappa shape index (κ1) is 12.3. The second-order valence-electron chi connectivity index (χ2n) is 4.98. The van der Waals surface area contributed by atoms with Crippen LogP contribution in [-0.4, -0.2) is 22.9 Å². The molecule has 1 heterocycles. The average Bonchev–Trinajstić information content (AvgIpc) is 3.05. The summed E-state index contributed by atoms with van der Waals surface area (Å²) < 4.78 is 10.6. The van der Waals surface area contributed by atoms with Crippen LogP contribution in [0.2, 0.25) is 0 Å². The minimum atomic E-state index is 0.0539. The van der Waals surface area contributed by atoms with E-state index in [2.05, 4.69) is 22.3 Å². The number of hydrogen-bond acceptors (Lipinski definition) is 5. The molecule has 0 atom stereocenters. The van der Waals surface area contributed by atoms with Gasteiger partial charge in [-0.1, -0.05) is 23.4 Å². The summed E-state index contributed by atoms with van der Waals surface area (Å²) in [6.07, 6.45) is 3.19. The van der Waals surface area contributed by atoms with Gasteiger partial charge in [-0.2, -0.15) is 4.98 Å². The predicted molar refractivity (Wildman–Crippen MR) is 70.3 cm³/mol. The number of hydrogen-bond donors (Lipinski definition) is 1. The quantitative estimate of drug-likeness (QED) is 0.887. The fourth-order valence-electron chi connectivity index (χ4n) is 2.24. The molecule has 2 N–H and O–H groups in total. The van der Waals surface area contributed by atoms with Crippen LogP contribution in [0.1, 0.15) is 24.3 Å². The Hall–Kier alpha value is -1.72. The van der Waals surface area contributed by atoms with Crippen LogP contribution in [0.5, 0.6) is 0 Å². The number of benzene rings is 1. The maximum atomic E-state index is 5.55. The molecule has 0 bridgehead atoms. The first-order valence-electron chi connectivity index (χ1n) is 6.42. The molecule has 1 saturated carbocycles. The van der Waals surface area contributed by atoms with E-state index in [9.17, 15) is 0 Å². The van der Waals surface area contributed by atoms with Crippen molar-refractivity contribution in [2.75, 3.05) is 7.11 Å². The minimum Gasteiger partial charge on any atom is -0.378 e. The predicted octanol–water partition coefficient (Wildman–Crippen LogP) is 1.92. The van der Waals surface area contributed by atoms with Gasteiger partial charge < -0.3 is 15.0 Å². The van der Waals surface area contributed by atoms with Crippen LogP contribution in [0.4, 0.5) is 0 Å². The van der Waals surface area contributed by atoms with Gasteiger partial charge in [-0.25, -0.2) is 0 Å². The van der Waals surface area contributed by atoms with Crippen LogP contribution in [-0.2, 0) is 17.7 Å². The maximum absolute atomic E-state index is 5.55. The Morgan fingerprint density at radius 3 is 2.89 bits per heavy atom. The average molecular weight is 259 g/mol. The Morgan fingerprint density at radius 2 is 2.26 bits per heavy atom. The summed E-state index contributed by atoms with van der Waals surface area (Å²) in [4.78, 5) is 4.24. The maximum Gasteiger partial charge on any atom is 0.240 e. The zero-order chi connectivity index (χ0) is 13.3. The molecular formula is C14H17N3O2. The molecule has 3 rings (SSSR count). The molecule has 5 nitrogen and oxygen atoms in total. The summed E-state index contributed by atoms with van der Waals surface area (Å²) in [5, 5.41) is 3.93. The van der Waals surface area contributed by atoms with Crippen molar-refractivity contribution in [3.8, 4) is 11.4 Å². The summed E-state index contributed by atoms with van der Waals surface area (Å²) in [6.45, 7) is 0.263. The van der Waals surface area contributed by atoms with E-state index in [0.717, 1.165) is 24.8 Å². The molecule has 5 heteroatoms. The first-order chi connectivity index (χ1) is 9.24.